The predicted molar refractivity (Wildman–Crippen MR) is 120 cm³/mol. The lowest BCUT2D eigenvalue weighted by atomic mass is 10.1. The second-order valence-corrected chi connectivity index (χ2v) is 8.80. The summed E-state index contributed by atoms with van der Waals surface area (Å²) in [5.74, 6) is 1.37. The molecule has 3 rings (SSSR count). The van der Waals surface area contributed by atoms with E-state index >= 15 is 0 Å². The van der Waals surface area contributed by atoms with Crippen LogP contribution in [0, 0.1) is 0 Å². The largest absolute Gasteiger partial charge is 0.497 e. The smallest absolute Gasteiger partial charge is 0.260 e. The van der Waals surface area contributed by atoms with Crippen LogP contribution in [-0.2, 0) is 14.8 Å². The monoisotopic (exact) mass is 463 g/mol. The Morgan fingerprint density at radius 2 is 1.81 bits per heavy atom. The van der Waals surface area contributed by atoms with Crippen molar-refractivity contribution in [3.05, 3.63) is 42.0 Å². The average Bonchev–Trinajstić information content (AvgIpc) is 2.79. The highest BCUT2D eigenvalue weighted by Gasteiger charge is 2.24. The molecule has 1 amide bonds. The van der Waals surface area contributed by atoms with Crippen LogP contribution in [-0.4, -0.2) is 60.3 Å². The molecule has 0 aromatic heterocycles. The molecule has 172 valence electrons. The van der Waals surface area contributed by atoms with E-state index in [2.05, 4.69) is 10.5 Å². The van der Waals surface area contributed by atoms with Gasteiger partial charge in [-0.15, -0.1) is 0 Å². The molecule has 32 heavy (non-hydrogen) atoms. The Kier molecular flexibility index (Phi) is 7.08. The fraction of sp³-hybridized carbons (Fsp3) is 0.333. The lowest BCUT2D eigenvalue weighted by molar-refractivity contribution is -0.119. The minimum atomic E-state index is -3.79. The van der Waals surface area contributed by atoms with Crippen LogP contribution in [0.25, 0.3) is 0 Å². The normalized spacial score (nSPS) is 13.3. The zero-order chi connectivity index (χ0) is 23.3. The molecule has 11 heteroatoms. The van der Waals surface area contributed by atoms with Crippen LogP contribution in [0.1, 0.15) is 12.5 Å². The number of carbonyl (C=O) groups excluding carboxylic acids is 1. The van der Waals surface area contributed by atoms with Crippen LogP contribution >= 0.6 is 0 Å². The van der Waals surface area contributed by atoms with Gasteiger partial charge < -0.3 is 18.9 Å². The first kappa shape index (κ1) is 23.2. The summed E-state index contributed by atoms with van der Waals surface area (Å²) in [7, 11) is -0.906. The Bertz CT molecular complexity index is 1130. The second kappa shape index (κ2) is 9.77. The highest BCUT2D eigenvalue weighted by molar-refractivity contribution is 7.92. The van der Waals surface area contributed by atoms with Crippen LogP contribution in [0.3, 0.4) is 0 Å². The van der Waals surface area contributed by atoms with Crippen LogP contribution in [0.2, 0.25) is 0 Å². The predicted octanol–water partition coefficient (Wildman–Crippen LogP) is 1.78. The van der Waals surface area contributed by atoms with Gasteiger partial charge in [0, 0.05) is 11.6 Å². The quantitative estimate of drug-likeness (QED) is 0.469. The van der Waals surface area contributed by atoms with Crippen molar-refractivity contribution in [1.29, 1.82) is 0 Å². The van der Waals surface area contributed by atoms with Crippen molar-refractivity contribution in [3.63, 3.8) is 0 Å². The fourth-order valence-electron chi connectivity index (χ4n) is 3.02. The lowest BCUT2D eigenvalue weighted by Crippen LogP contribution is -2.39. The van der Waals surface area contributed by atoms with Gasteiger partial charge in [0.05, 0.1) is 31.9 Å². The van der Waals surface area contributed by atoms with Crippen molar-refractivity contribution in [1.82, 2.24) is 5.43 Å². The van der Waals surface area contributed by atoms with Gasteiger partial charge in [-0.05, 0) is 37.3 Å². The molecular formula is C21H25N3O7S. The van der Waals surface area contributed by atoms with Gasteiger partial charge >= 0.3 is 0 Å². The number of amides is 1. The number of carbonyl (C=O) groups is 1. The Morgan fingerprint density at radius 3 is 2.47 bits per heavy atom. The number of ether oxygens (including phenoxy) is 4. The van der Waals surface area contributed by atoms with Crippen LogP contribution < -0.4 is 28.7 Å². The topological polar surface area (TPSA) is 116 Å². The number of hydrogen-bond acceptors (Lipinski definition) is 8. The molecule has 1 aliphatic rings. The highest BCUT2D eigenvalue weighted by atomic mass is 32.2. The number of benzene rings is 2. The van der Waals surface area contributed by atoms with E-state index in [1.807, 2.05) is 0 Å². The molecule has 0 radical (unpaired) electrons. The highest BCUT2D eigenvalue weighted by Crippen LogP contribution is 2.33. The van der Waals surface area contributed by atoms with Crippen molar-refractivity contribution in [2.45, 2.75) is 6.92 Å². The third-order valence-corrected chi connectivity index (χ3v) is 5.78. The van der Waals surface area contributed by atoms with E-state index < -0.39 is 22.5 Å². The van der Waals surface area contributed by atoms with Crippen molar-refractivity contribution >= 4 is 27.3 Å². The molecule has 0 fully saturated rings. The van der Waals surface area contributed by atoms with Crippen molar-refractivity contribution < 1.29 is 32.2 Å². The minimum absolute atomic E-state index is 0.207. The number of sulfonamides is 1. The standard InChI is InChI=1S/C21H25N3O7S/c1-14(15-5-8-18-20(11-15)31-10-9-30-18)22-23-21(25)13-24(32(4,26)27)17-7-6-16(28-2)12-19(17)29-3/h5-8,11-12H,9-10,13H2,1-4H3,(H,23,25)/b22-14-. The maximum absolute atomic E-state index is 12.5. The molecule has 0 bridgehead atoms. The molecule has 0 atom stereocenters. The number of anilines is 1. The first-order chi connectivity index (χ1) is 15.2. The molecule has 0 saturated heterocycles. The van der Waals surface area contributed by atoms with E-state index in [-0.39, 0.29) is 11.4 Å². The van der Waals surface area contributed by atoms with Crippen LogP contribution in [0.5, 0.6) is 23.0 Å². The molecule has 0 unspecified atom stereocenters. The summed E-state index contributed by atoms with van der Waals surface area (Å²) < 4.78 is 47.2. The van der Waals surface area contributed by atoms with Gasteiger partial charge in [-0.1, -0.05) is 0 Å². The maximum atomic E-state index is 12.5. The van der Waals surface area contributed by atoms with E-state index in [0.717, 1.165) is 16.1 Å². The summed E-state index contributed by atoms with van der Waals surface area (Å²) in [6.45, 7) is 2.18. The average molecular weight is 464 g/mol. The van der Waals surface area contributed by atoms with Crippen LogP contribution in [0.4, 0.5) is 5.69 Å². The Hall–Kier alpha value is -3.47. The second-order valence-electron chi connectivity index (χ2n) is 6.90. The summed E-state index contributed by atoms with van der Waals surface area (Å²) in [5.41, 5.74) is 3.85. The summed E-state index contributed by atoms with van der Waals surface area (Å²) >= 11 is 0. The maximum Gasteiger partial charge on any atom is 0.260 e. The number of hydrogen-bond donors (Lipinski definition) is 1. The third-order valence-electron chi connectivity index (χ3n) is 4.65. The van der Waals surface area contributed by atoms with Gasteiger partial charge in [0.2, 0.25) is 10.0 Å². The first-order valence-electron chi connectivity index (χ1n) is 9.66. The number of methoxy groups -OCH3 is 2. The number of hydrazone groups is 1. The molecule has 1 aliphatic heterocycles. The molecule has 0 saturated carbocycles. The van der Waals surface area contributed by atoms with Crippen molar-refractivity contribution in [2.24, 2.45) is 5.10 Å². The molecule has 2 aromatic rings. The molecule has 0 spiro atoms. The van der Waals surface area contributed by atoms with E-state index in [1.165, 1.54) is 26.4 Å². The zero-order valence-corrected chi connectivity index (χ0v) is 19.1. The number of rotatable bonds is 8. The summed E-state index contributed by atoms with van der Waals surface area (Å²) in [4.78, 5) is 12.5. The van der Waals surface area contributed by atoms with Crippen LogP contribution in [0.15, 0.2) is 41.5 Å². The Morgan fingerprint density at radius 1 is 1.09 bits per heavy atom. The number of nitrogens with one attached hydrogen (secondary N) is 1. The molecule has 2 aromatic carbocycles. The zero-order valence-electron chi connectivity index (χ0n) is 18.2. The minimum Gasteiger partial charge on any atom is -0.497 e. The van der Waals surface area contributed by atoms with Gasteiger partial charge in [-0.2, -0.15) is 5.10 Å². The van der Waals surface area contributed by atoms with Crippen molar-refractivity contribution in [2.75, 3.05) is 44.5 Å². The van der Waals surface area contributed by atoms with Gasteiger partial charge in [0.1, 0.15) is 31.3 Å². The number of fused-ring (bicyclic) bond motifs is 1. The molecule has 10 nitrogen and oxygen atoms in total. The fourth-order valence-corrected chi connectivity index (χ4v) is 3.88. The van der Waals surface area contributed by atoms with Gasteiger partial charge in [0.15, 0.2) is 11.5 Å². The van der Waals surface area contributed by atoms with Crippen molar-refractivity contribution in [3.8, 4) is 23.0 Å². The van der Waals surface area contributed by atoms with E-state index in [0.29, 0.717) is 36.2 Å². The summed E-state index contributed by atoms with van der Waals surface area (Å²) in [6, 6.07) is 9.96. The molecule has 1 heterocycles. The Balaban J connectivity index is 1.76. The Labute approximate surface area is 186 Å². The van der Waals surface area contributed by atoms with E-state index in [1.54, 1.807) is 31.2 Å². The molecular weight excluding hydrogens is 438 g/mol. The van der Waals surface area contributed by atoms with Gasteiger partial charge in [-0.25, -0.2) is 13.8 Å². The lowest BCUT2D eigenvalue weighted by Gasteiger charge is -2.23. The van der Waals surface area contributed by atoms with E-state index in [9.17, 15) is 13.2 Å². The summed E-state index contributed by atoms with van der Waals surface area (Å²) in [5, 5.41) is 4.09. The first-order valence-corrected chi connectivity index (χ1v) is 11.5. The van der Waals surface area contributed by atoms with E-state index in [4.69, 9.17) is 18.9 Å². The molecule has 0 aliphatic carbocycles. The third kappa shape index (κ3) is 5.41. The number of nitrogens with zero attached hydrogens (tertiary/aromatic N) is 2. The SMILES string of the molecule is COc1ccc(N(CC(=O)N/N=C(/C)c2ccc3c(c2)OCCO3)S(C)(=O)=O)c(OC)c1. The van der Waals surface area contributed by atoms with Gasteiger partial charge in [-0.3, -0.25) is 9.10 Å². The molecule has 1 N–H and O–H groups in total. The van der Waals surface area contributed by atoms with Gasteiger partial charge in [0.25, 0.3) is 5.91 Å². The summed E-state index contributed by atoms with van der Waals surface area (Å²) in [6.07, 6.45) is 1.01.